The molecule has 0 aliphatic rings. The Labute approximate surface area is 97.6 Å². The van der Waals surface area contributed by atoms with Crippen LogP contribution in [0.1, 0.15) is 11.4 Å². The number of imidazole rings is 1. The molecule has 0 fully saturated rings. The Balaban J connectivity index is 2.51. The van der Waals surface area contributed by atoms with Crippen LogP contribution in [-0.4, -0.2) is 25.7 Å². The van der Waals surface area contributed by atoms with Crippen molar-refractivity contribution >= 4 is 5.84 Å². The number of benzene rings is 1. The second kappa shape index (κ2) is 4.17. The fraction of sp³-hybridized carbons (Fsp3) is 0.0909. The number of amidine groups is 1. The summed E-state index contributed by atoms with van der Waals surface area (Å²) in [7, 11) is 0. The second-order valence-corrected chi connectivity index (χ2v) is 3.55. The monoisotopic (exact) mass is 232 g/mol. The number of hydrogen-bond acceptors (Lipinski definition) is 4. The number of oxime groups is 1. The molecule has 0 aliphatic carbocycles. The maximum atomic E-state index is 9.41. The predicted octanol–water partition coefficient (Wildman–Crippen LogP) is 0.981. The van der Waals surface area contributed by atoms with E-state index in [4.69, 9.17) is 10.9 Å². The van der Waals surface area contributed by atoms with Gasteiger partial charge in [0, 0.05) is 6.07 Å². The van der Waals surface area contributed by atoms with Crippen molar-refractivity contribution in [3.63, 3.8) is 0 Å². The summed E-state index contributed by atoms with van der Waals surface area (Å²) in [5.41, 5.74) is 7.39. The Bertz CT molecular complexity index is 575. The first-order chi connectivity index (χ1) is 8.13. The third-order valence-electron chi connectivity index (χ3n) is 2.46. The summed E-state index contributed by atoms with van der Waals surface area (Å²) in [4.78, 5) is 4.06. The normalized spacial score (nSPS) is 11.7. The van der Waals surface area contributed by atoms with Crippen molar-refractivity contribution in [3.05, 3.63) is 42.0 Å². The smallest absolute Gasteiger partial charge is 0.190 e. The summed E-state index contributed by atoms with van der Waals surface area (Å²) in [6, 6.07) is 6.74. The highest BCUT2D eigenvalue weighted by Gasteiger charge is 2.11. The SMILES string of the molecule is Cc1c(C(N)=NO)ncn1-c1cccc(O)c1. The molecule has 6 heteroatoms. The Kier molecular flexibility index (Phi) is 2.70. The summed E-state index contributed by atoms with van der Waals surface area (Å²) in [6.07, 6.45) is 1.55. The highest BCUT2D eigenvalue weighted by atomic mass is 16.4. The summed E-state index contributed by atoms with van der Waals surface area (Å²) >= 11 is 0. The van der Waals surface area contributed by atoms with Crippen molar-refractivity contribution in [2.75, 3.05) is 0 Å². The van der Waals surface area contributed by atoms with E-state index in [9.17, 15) is 5.11 Å². The standard InChI is InChI=1S/C11H12N4O2/c1-7-10(11(12)14-17)13-6-15(7)8-3-2-4-9(16)5-8/h2-6,16-17H,1H3,(H2,12,14). The molecule has 2 aromatic rings. The number of nitrogens with two attached hydrogens (primary N) is 1. The Hall–Kier alpha value is -2.50. The van der Waals surface area contributed by atoms with Crippen LogP contribution in [0.25, 0.3) is 5.69 Å². The number of nitrogens with zero attached hydrogens (tertiary/aromatic N) is 3. The van der Waals surface area contributed by atoms with Gasteiger partial charge in [0.15, 0.2) is 5.84 Å². The number of aromatic nitrogens is 2. The van der Waals surface area contributed by atoms with Crippen molar-refractivity contribution in [1.82, 2.24) is 9.55 Å². The van der Waals surface area contributed by atoms with Crippen LogP contribution >= 0.6 is 0 Å². The molecule has 0 saturated carbocycles. The topological polar surface area (TPSA) is 96.7 Å². The van der Waals surface area contributed by atoms with Gasteiger partial charge in [0.2, 0.25) is 0 Å². The molecule has 88 valence electrons. The maximum absolute atomic E-state index is 9.41. The zero-order valence-electron chi connectivity index (χ0n) is 9.20. The third-order valence-corrected chi connectivity index (χ3v) is 2.46. The number of phenols is 1. The Morgan fingerprint density at radius 2 is 2.24 bits per heavy atom. The summed E-state index contributed by atoms with van der Waals surface area (Å²) < 4.78 is 1.74. The molecule has 1 aromatic heterocycles. The van der Waals surface area contributed by atoms with E-state index in [0.29, 0.717) is 5.69 Å². The Morgan fingerprint density at radius 1 is 1.47 bits per heavy atom. The van der Waals surface area contributed by atoms with Crippen LogP contribution in [0.4, 0.5) is 0 Å². The highest BCUT2D eigenvalue weighted by molar-refractivity contribution is 5.96. The van der Waals surface area contributed by atoms with Gasteiger partial charge >= 0.3 is 0 Å². The third kappa shape index (κ3) is 1.92. The molecule has 2 rings (SSSR count). The first-order valence-electron chi connectivity index (χ1n) is 4.94. The van der Waals surface area contributed by atoms with Crippen LogP contribution in [0.2, 0.25) is 0 Å². The van der Waals surface area contributed by atoms with E-state index in [1.165, 1.54) is 0 Å². The van der Waals surface area contributed by atoms with Gasteiger partial charge in [-0.3, -0.25) is 0 Å². The van der Waals surface area contributed by atoms with Crippen LogP contribution < -0.4 is 5.73 Å². The van der Waals surface area contributed by atoms with E-state index in [-0.39, 0.29) is 11.6 Å². The van der Waals surface area contributed by atoms with Gasteiger partial charge in [0.25, 0.3) is 0 Å². The molecule has 0 saturated heterocycles. The van der Waals surface area contributed by atoms with Gasteiger partial charge in [-0.25, -0.2) is 4.98 Å². The van der Waals surface area contributed by atoms with Crippen LogP contribution in [0.15, 0.2) is 35.7 Å². The number of aromatic hydroxyl groups is 1. The lowest BCUT2D eigenvalue weighted by Gasteiger charge is -2.05. The van der Waals surface area contributed by atoms with E-state index in [0.717, 1.165) is 11.4 Å². The molecule has 6 nitrogen and oxygen atoms in total. The van der Waals surface area contributed by atoms with Crippen molar-refractivity contribution in [2.45, 2.75) is 6.92 Å². The average Bonchev–Trinajstić information content (AvgIpc) is 2.70. The van der Waals surface area contributed by atoms with E-state index < -0.39 is 0 Å². The first-order valence-corrected chi connectivity index (χ1v) is 4.94. The van der Waals surface area contributed by atoms with Gasteiger partial charge in [-0.1, -0.05) is 11.2 Å². The maximum Gasteiger partial charge on any atom is 0.190 e. The fourth-order valence-corrected chi connectivity index (χ4v) is 1.61. The molecular formula is C11H12N4O2. The molecule has 0 radical (unpaired) electrons. The molecule has 0 aliphatic heterocycles. The molecule has 1 aromatic carbocycles. The number of hydrogen-bond donors (Lipinski definition) is 3. The quantitative estimate of drug-likeness (QED) is 0.311. The lowest BCUT2D eigenvalue weighted by atomic mass is 10.2. The van der Waals surface area contributed by atoms with Crippen molar-refractivity contribution in [2.24, 2.45) is 10.9 Å². The zero-order valence-corrected chi connectivity index (χ0v) is 9.20. The van der Waals surface area contributed by atoms with Gasteiger partial charge in [0.1, 0.15) is 17.8 Å². The van der Waals surface area contributed by atoms with Crippen LogP contribution in [0.3, 0.4) is 0 Å². The molecule has 0 unspecified atom stereocenters. The van der Waals surface area contributed by atoms with Crippen molar-refractivity contribution in [1.29, 1.82) is 0 Å². The minimum absolute atomic E-state index is 0.0404. The molecular weight excluding hydrogens is 220 g/mol. The second-order valence-electron chi connectivity index (χ2n) is 3.55. The molecule has 4 N–H and O–H groups in total. The van der Waals surface area contributed by atoms with Crippen molar-refractivity contribution in [3.8, 4) is 11.4 Å². The van der Waals surface area contributed by atoms with E-state index in [1.807, 2.05) is 6.07 Å². The van der Waals surface area contributed by atoms with Gasteiger partial charge in [-0.05, 0) is 19.1 Å². The molecule has 0 spiro atoms. The molecule has 1 heterocycles. The fourth-order valence-electron chi connectivity index (χ4n) is 1.61. The Morgan fingerprint density at radius 3 is 2.88 bits per heavy atom. The zero-order chi connectivity index (χ0) is 12.4. The van der Waals surface area contributed by atoms with E-state index >= 15 is 0 Å². The minimum Gasteiger partial charge on any atom is -0.508 e. The first kappa shape index (κ1) is 11.0. The van der Waals surface area contributed by atoms with Crippen molar-refractivity contribution < 1.29 is 10.3 Å². The summed E-state index contributed by atoms with van der Waals surface area (Å²) in [6.45, 7) is 1.80. The summed E-state index contributed by atoms with van der Waals surface area (Å²) in [5.74, 6) is 0.127. The number of phenolic OH excluding ortho intramolecular Hbond substituents is 1. The highest BCUT2D eigenvalue weighted by Crippen LogP contribution is 2.18. The summed E-state index contributed by atoms with van der Waals surface area (Å²) in [5, 5.41) is 20.9. The van der Waals surface area contributed by atoms with Gasteiger partial charge in [0.05, 0.1) is 11.4 Å². The average molecular weight is 232 g/mol. The lowest BCUT2D eigenvalue weighted by molar-refractivity contribution is 0.318. The van der Waals surface area contributed by atoms with Gasteiger partial charge < -0.3 is 20.6 Å². The van der Waals surface area contributed by atoms with Gasteiger partial charge in [-0.2, -0.15) is 0 Å². The van der Waals surface area contributed by atoms with E-state index in [1.54, 1.807) is 36.0 Å². The minimum atomic E-state index is -0.0404. The van der Waals surface area contributed by atoms with Crippen LogP contribution in [-0.2, 0) is 0 Å². The largest absolute Gasteiger partial charge is 0.508 e. The molecule has 17 heavy (non-hydrogen) atoms. The predicted molar refractivity (Wildman–Crippen MR) is 62.5 cm³/mol. The molecule has 0 amide bonds. The van der Waals surface area contributed by atoms with E-state index in [2.05, 4.69) is 10.1 Å². The number of rotatable bonds is 2. The lowest BCUT2D eigenvalue weighted by Crippen LogP contribution is -2.15. The molecule has 0 atom stereocenters. The van der Waals surface area contributed by atoms with Gasteiger partial charge in [-0.15, -0.1) is 0 Å². The van der Waals surface area contributed by atoms with Crippen LogP contribution in [0, 0.1) is 6.92 Å². The van der Waals surface area contributed by atoms with Crippen LogP contribution in [0.5, 0.6) is 5.75 Å². The molecule has 0 bridgehead atoms.